The standard InChI is InChI=1S/C16H17NO/c1-2-7-13-8-6-9-14(16(13)18)12-17-15-10-4-3-5-11-15/h2-6,8-11,17-18H,1,7,12H2. The molecule has 2 aromatic rings. The van der Waals surface area contributed by atoms with E-state index in [0.717, 1.165) is 16.8 Å². The molecule has 0 radical (unpaired) electrons. The van der Waals surface area contributed by atoms with Crippen LogP contribution < -0.4 is 5.32 Å². The van der Waals surface area contributed by atoms with E-state index in [0.29, 0.717) is 18.7 Å². The summed E-state index contributed by atoms with van der Waals surface area (Å²) in [6.07, 6.45) is 2.48. The number of para-hydroxylation sites is 2. The van der Waals surface area contributed by atoms with Crippen LogP contribution in [0.4, 0.5) is 5.69 Å². The Morgan fingerprint density at radius 3 is 2.44 bits per heavy atom. The summed E-state index contributed by atoms with van der Waals surface area (Å²) in [4.78, 5) is 0. The van der Waals surface area contributed by atoms with Crippen molar-refractivity contribution in [3.8, 4) is 5.75 Å². The first kappa shape index (κ1) is 12.2. The third-order valence-corrected chi connectivity index (χ3v) is 2.82. The minimum Gasteiger partial charge on any atom is -0.507 e. The average molecular weight is 239 g/mol. The highest BCUT2D eigenvalue weighted by Gasteiger charge is 2.05. The van der Waals surface area contributed by atoms with Crippen LogP contribution in [-0.4, -0.2) is 5.11 Å². The molecule has 0 amide bonds. The van der Waals surface area contributed by atoms with Crippen molar-refractivity contribution in [1.29, 1.82) is 0 Å². The highest BCUT2D eigenvalue weighted by atomic mass is 16.3. The van der Waals surface area contributed by atoms with E-state index in [-0.39, 0.29) is 0 Å². The quantitative estimate of drug-likeness (QED) is 0.779. The second-order valence-electron chi connectivity index (χ2n) is 4.14. The molecule has 0 spiro atoms. The van der Waals surface area contributed by atoms with E-state index in [9.17, 15) is 5.11 Å². The van der Waals surface area contributed by atoms with Gasteiger partial charge in [0, 0.05) is 17.8 Å². The molecule has 2 N–H and O–H groups in total. The van der Waals surface area contributed by atoms with E-state index in [2.05, 4.69) is 11.9 Å². The maximum absolute atomic E-state index is 10.1. The Kier molecular flexibility index (Phi) is 4.02. The molecule has 0 fully saturated rings. The van der Waals surface area contributed by atoms with E-state index < -0.39 is 0 Å². The number of phenols is 1. The average Bonchev–Trinajstić information content (AvgIpc) is 2.41. The first-order valence-electron chi connectivity index (χ1n) is 6.01. The summed E-state index contributed by atoms with van der Waals surface area (Å²) in [7, 11) is 0. The molecular formula is C16H17NO. The lowest BCUT2D eigenvalue weighted by Crippen LogP contribution is -2.00. The van der Waals surface area contributed by atoms with Crippen molar-refractivity contribution in [1.82, 2.24) is 0 Å². The second kappa shape index (κ2) is 5.92. The number of anilines is 1. The van der Waals surface area contributed by atoms with Crippen molar-refractivity contribution in [2.75, 3.05) is 5.32 Å². The van der Waals surface area contributed by atoms with Crippen LogP contribution in [0.25, 0.3) is 0 Å². The maximum Gasteiger partial charge on any atom is 0.124 e. The minimum absolute atomic E-state index is 0.362. The van der Waals surface area contributed by atoms with Crippen molar-refractivity contribution in [3.63, 3.8) is 0 Å². The number of phenolic OH excluding ortho intramolecular Hbond substituents is 1. The molecule has 2 rings (SSSR count). The number of rotatable bonds is 5. The van der Waals surface area contributed by atoms with Crippen LogP contribution in [0.5, 0.6) is 5.75 Å². The third kappa shape index (κ3) is 2.92. The fourth-order valence-electron chi connectivity index (χ4n) is 1.86. The van der Waals surface area contributed by atoms with Gasteiger partial charge in [0.25, 0.3) is 0 Å². The molecule has 0 atom stereocenters. The van der Waals surface area contributed by atoms with E-state index >= 15 is 0 Å². The maximum atomic E-state index is 10.1. The van der Waals surface area contributed by atoms with Gasteiger partial charge >= 0.3 is 0 Å². The summed E-state index contributed by atoms with van der Waals surface area (Å²) in [6.45, 7) is 4.31. The predicted octanol–water partition coefficient (Wildman–Crippen LogP) is 3.73. The van der Waals surface area contributed by atoms with Crippen molar-refractivity contribution >= 4 is 5.69 Å². The van der Waals surface area contributed by atoms with Gasteiger partial charge in [-0.1, -0.05) is 42.5 Å². The molecule has 2 heteroatoms. The Labute approximate surface area is 108 Å². The van der Waals surface area contributed by atoms with E-state index in [1.165, 1.54) is 0 Å². The molecule has 2 nitrogen and oxygen atoms in total. The van der Waals surface area contributed by atoms with Crippen molar-refractivity contribution < 1.29 is 5.11 Å². The first-order chi connectivity index (χ1) is 8.81. The normalized spacial score (nSPS) is 10.0. The molecule has 0 saturated heterocycles. The fourth-order valence-corrected chi connectivity index (χ4v) is 1.86. The minimum atomic E-state index is 0.362. The zero-order chi connectivity index (χ0) is 12.8. The molecule has 0 aliphatic heterocycles. The van der Waals surface area contributed by atoms with Crippen molar-refractivity contribution in [2.45, 2.75) is 13.0 Å². The van der Waals surface area contributed by atoms with Crippen molar-refractivity contribution in [2.24, 2.45) is 0 Å². The van der Waals surface area contributed by atoms with Crippen LogP contribution in [0.3, 0.4) is 0 Å². The summed E-state index contributed by atoms with van der Waals surface area (Å²) in [5.74, 6) is 0.362. The molecule has 18 heavy (non-hydrogen) atoms. The van der Waals surface area contributed by atoms with E-state index in [4.69, 9.17) is 0 Å². The Bertz CT molecular complexity index is 520. The molecule has 0 aliphatic rings. The number of hydrogen-bond acceptors (Lipinski definition) is 2. The fraction of sp³-hybridized carbons (Fsp3) is 0.125. The van der Waals surface area contributed by atoms with Gasteiger partial charge in [0.1, 0.15) is 5.75 Å². The van der Waals surface area contributed by atoms with Crippen LogP contribution in [-0.2, 0) is 13.0 Å². The van der Waals surface area contributed by atoms with E-state index in [1.807, 2.05) is 48.5 Å². The highest BCUT2D eigenvalue weighted by Crippen LogP contribution is 2.24. The van der Waals surface area contributed by atoms with Gasteiger partial charge in [-0.05, 0) is 24.1 Å². The van der Waals surface area contributed by atoms with Gasteiger partial charge in [-0.25, -0.2) is 0 Å². The molecule has 92 valence electrons. The molecular weight excluding hydrogens is 222 g/mol. The summed E-state index contributed by atoms with van der Waals surface area (Å²) in [5, 5.41) is 13.4. The Balaban J connectivity index is 2.10. The second-order valence-corrected chi connectivity index (χ2v) is 4.14. The van der Waals surface area contributed by atoms with Crippen LogP contribution in [0.1, 0.15) is 11.1 Å². The largest absolute Gasteiger partial charge is 0.507 e. The smallest absolute Gasteiger partial charge is 0.124 e. The number of nitrogens with one attached hydrogen (secondary N) is 1. The third-order valence-electron chi connectivity index (χ3n) is 2.82. The lowest BCUT2D eigenvalue weighted by molar-refractivity contribution is 0.463. The van der Waals surface area contributed by atoms with Gasteiger partial charge in [-0.15, -0.1) is 6.58 Å². The predicted molar refractivity (Wildman–Crippen MR) is 75.8 cm³/mol. The summed E-state index contributed by atoms with van der Waals surface area (Å²) in [6, 6.07) is 15.8. The van der Waals surface area contributed by atoms with Gasteiger partial charge in [0.05, 0.1) is 0 Å². The van der Waals surface area contributed by atoms with Crippen LogP contribution in [0.2, 0.25) is 0 Å². The highest BCUT2D eigenvalue weighted by molar-refractivity contribution is 5.47. The molecule has 0 aliphatic carbocycles. The molecule has 2 aromatic carbocycles. The van der Waals surface area contributed by atoms with Gasteiger partial charge in [0.2, 0.25) is 0 Å². The summed E-state index contributed by atoms with van der Waals surface area (Å²) in [5.41, 5.74) is 2.86. The van der Waals surface area contributed by atoms with E-state index in [1.54, 1.807) is 6.08 Å². The van der Waals surface area contributed by atoms with Gasteiger partial charge < -0.3 is 10.4 Å². The molecule has 0 saturated carbocycles. The molecule has 0 bridgehead atoms. The summed E-state index contributed by atoms with van der Waals surface area (Å²) < 4.78 is 0. The monoisotopic (exact) mass is 239 g/mol. The Morgan fingerprint density at radius 1 is 1.00 bits per heavy atom. The molecule has 0 aromatic heterocycles. The number of allylic oxidation sites excluding steroid dienone is 1. The lowest BCUT2D eigenvalue weighted by Gasteiger charge is -2.10. The Hall–Kier alpha value is -2.22. The van der Waals surface area contributed by atoms with Gasteiger partial charge in [-0.3, -0.25) is 0 Å². The zero-order valence-corrected chi connectivity index (χ0v) is 10.3. The topological polar surface area (TPSA) is 32.3 Å². The molecule has 0 heterocycles. The molecule has 0 unspecified atom stereocenters. The lowest BCUT2D eigenvalue weighted by atomic mass is 10.1. The Morgan fingerprint density at radius 2 is 1.72 bits per heavy atom. The van der Waals surface area contributed by atoms with Crippen LogP contribution >= 0.6 is 0 Å². The first-order valence-corrected chi connectivity index (χ1v) is 6.01. The van der Waals surface area contributed by atoms with Crippen LogP contribution in [0, 0.1) is 0 Å². The van der Waals surface area contributed by atoms with Crippen LogP contribution in [0.15, 0.2) is 61.2 Å². The zero-order valence-electron chi connectivity index (χ0n) is 10.3. The van der Waals surface area contributed by atoms with Gasteiger partial charge in [-0.2, -0.15) is 0 Å². The number of hydrogen-bond donors (Lipinski definition) is 2. The number of aromatic hydroxyl groups is 1. The van der Waals surface area contributed by atoms with Crippen molar-refractivity contribution in [3.05, 3.63) is 72.3 Å². The number of benzene rings is 2. The SMILES string of the molecule is C=CCc1cccc(CNc2ccccc2)c1O. The van der Waals surface area contributed by atoms with Gasteiger partial charge in [0.15, 0.2) is 0 Å². The summed E-state index contributed by atoms with van der Waals surface area (Å²) >= 11 is 0.